The molecular weight excluding hydrogens is 196 g/mol. The minimum atomic E-state index is -0.478. The summed E-state index contributed by atoms with van der Waals surface area (Å²) in [6.07, 6.45) is 0.507. The summed E-state index contributed by atoms with van der Waals surface area (Å²) in [5.41, 5.74) is 4.73. The fourth-order valence-electron chi connectivity index (χ4n) is 0.935. The van der Waals surface area contributed by atoms with E-state index in [1.165, 1.54) is 0 Å². The second kappa shape index (κ2) is 6.63. The second-order valence-electron chi connectivity index (χ2n) is 4.27. The van der Waals surface area contributed by atoms with Crippen LogP contribution >= 0.6 is 0 Å². The smallest absolute Gasteiger partial charge is 0.422 e. The van der Waals surface area contributed by atoms with Crippen LogP contribution in [0.3, 0.4) is 0 Å². The number of ether oxygens (including phenoxy) is 2. The predicted octanol–water partition coefficient (Wildman–Crippen LogP) is 1.44. The van der Waals surface area contributed by atoms with Crippen molar-refractivity contribution in [2.24, 2.45) is 0 Å². The van der Waals surface area contributed by atoms with Crippen molar-refractivity contribution in [1.29, 1.82) is 0 Å². The maximum Gasteiger partial charge on any atom is 0.422 e. The zero-order chi connectivity index (χ0) is 11.9. The van der Waals surface area contributed by atoms with Crippen molar-refractivity contribution in [1.82, 2.24) is 10.9 Å². The molecule has 0 aliphatic heterocycles. The monoisotopic (exact) mass is 218 g/mol. The van der Waals surface area contributed by atoms with Crippen LogP contribution in [0.25, 0.3) is 0 Å². The lowest BCUT2D eigenvalue weighted by molar-refractivity contribution is 0.0465. The van der Waals surface area contributed by atoms with E-state index in [-0.39, 0.29) is 6.10 Å². The number of amides is 1. The van der Waals surface area contributed by atoms with E-state index in [2.05, 4.69) is 10.9 Å². The van der Waals surface area contributed by atoms with Gasteiger partial charge >= 0.3 is 6.09 Å². The van der Waals surface area contributed by atoms with Gasteiger partial charge in [-0.2, -0.15) is 0 Å². The molecule has 0 fully saturated rings. The summed E-state index contributed by atoms with van der Waals surface area (Å²) < 4.78 is 10.2. The number of hydrogen-bond acceptors (Lipinski definition) is 4. The normalized spacial score (nSPS) is 13.4. The molecule has 0 bridgehead atoms. The van der Waals surface area contributed by atoms with Gasteiger partial charge in [0, 0.05) is 13.7 Å². The lowest BCUT2D eigenvalue weighted by atomic mass is 10.2. The Morgan fingerprint density at radius 1 is 1.40 bits per heavy atom. The van der Waals surface area contributed by atoms with Gasteiger partial charge in [0.1, 0.15) is 5.60 Å². The Kier molecular flexibility index (Phi) is 6.27. The molecule has 1 atom stereocenters. The van der Waals surface area contributed by atoms with E-state index >= 15 is 0 Å². The number of rotatable bonds is 5. The van der Waals surface area contributed by atoms with E-state index in [1.54, 1.807) is 7.11 Å². The van der Waals surface area contributed by atoms with Crippen molar-refractivity contribution in [2.75, 3.05) is 13.7 Å². The lowest BCUT2D eigenvalue weighted by Crippen LogP contribution is -2.44. The topological polar surface area (TPSA) is 59.6 Å². The molecule has 90 valence electrons. The Morgan fingerprint density at radius 2 is 2.00 bits per heavy atom. The Balaban J connectivity index is 3.64. The summed E-state index contributed by atoms with van der Waals surface area (Å²) in [7, 11) is 1.64. The Labute approximate surface area is 91.5 Å². The van der Waals surface area contributed by atoms with Crippen molar-refractivity contribution in [3.8, 4) is 0 Å². The van der Waals surface area contributed by atoms with Gasteiger partial charge in [0.05, 0.1) is 6.10 Å². The highest BCUT2D eigenvalue weighted by Crippen LogP contribution is 2.05. The summed E-state index contributed by atoms with van der Waals surface area (Å²) in [5.74, 6) is 0. The molecule has 0 saturated heterocycles. The van der Waals surface area contributed by atoms with Crippen LogP contribution in [0.4, 0.5) is 4.79 Å². The van der Waals surface area contributed by atoms with E-state index in [0.717, 1.165) is 6.42 Å². The first-order valence-electron chi connectivity index (χ1n) is 5.13. The molecule has 0 heterocycles. The highest BCUT2D eigenvalue weighted by molar-refractivity contribution is 5.66. The summed E-state index contributed by atoms with van der Waals surface area (Å²) in [5, 5.41) is 0. The SMILES string of the molecule is CCC(CNNC(=O)OC(C)(C)C)OC. The van der Waals surface area contributed by atoms with Gasteiger partial charge in [-0.1, -0.05) is 6.92 Å². The van der Waals surface area contributed by atoms with Crippen LogP contribution in [-0.2, 0) is 9.47 Å². The first-order chi connectivity index (χ1) is 6.89. The molecule has 5 nitrogen and oxygen atoms in total. The summed E-state index contributed by atoms with van der Waals surface area (Å²) in [4.78, 5) is 11.2. The van der Waals surface area contributed by atoms with Crippen molar-refractivity contribution in [3.63, 3.8) is 0 Å². The average Bonchev–Trinajstić information content (AvgIpc) is 2.09. The molecular formula is C10H22N2O3. The molecule has 0 rings (SSSR count). The van der Waals surface area contributed by atoms with Gasteiger partial charge in [0.2, 0.25) is 0 Å². The molecule has 0 aliphatic carbocycles. The fraction of sp³-hybridized carbons (Fsp3) is 0.900. The van der Waals surface area contributed by atoms with E-state index < -0.39 is 11.7 Å². The quantitative estimate of drug-likeness (QED) is 0.685. The maximum absolute atomic E-state index is 11.2. The first kappa shape index (κ1) is 14.2. The Hall–Kier alpha value is -0.810. The first-order valence-corrected chi connectivity index (χ1v) is 5.13. The number of nitrogens with one attached hydrogen (secondary N) is 2. The van der Waals surface area contributed by atoms with E-state index in [9.17, 15) is 4.79 Å². The third kappa shape index (κ3) is 8.20. The van der Waals surface area contributed by atoms with E-state index in [1.807, 2.05) is 27.7 Å². The molecule has 1 amide bonds. The molecule has 0 radical (unpaired) electrons. The molecule has 0 saturated carbocycles. The highest BCUT2D eigenvalue weighted by atomic mass is 16.6. The summed E-state index contributed by atoms with van der Waals surface area (Å²) in [6.45, 7) is 8.03. The number of hydrogen-bond donors (Lipinski definition) is 2. The Morgan fingerprint density at radius 3 is 2.40 bits per heavy atom. The molecule has 0 aliphatic rings. The average molecular weight is 218 g/mol. The highest BCUT2D eigenvalue weighted by Gasteiger charge is 2.15. The lowest BCUT2D eigenvalue weighted by Gasteiger charge is -2.20. The summed E-state index contributed by atoms with van der Waals surface area (Å²) >= 11 is 0. The fourth-order valence-corrected chi connectivity index (χ4v) is 0.935. The predicted molar refractivity (Wildman–Crippen MR) is 58.5 cm³/mol. The van der Waals surface area contributed by atoms with E-state index in [4.69, 9.17) is 9.47 Å². The largest absolute Gasteiger partial charge is 0.443 e. The van der Waals surface area contributed by atoms with Crippen LogP contribution in [0.15, 0.2) is 0 Å². The van der Waals surface area contributed by atoms with Crippen LogP contribution < -0.4 is 10.9 Å². The zero-order valence-corrected chi connectivity index (χ0v) is 10.2. The number of hydrazine groups is 1. The Bertz CT molecular complexity index is 186. The van der Waals surface area contributed by atoms with E-state index in [0.29, 0.717) is 6.54 Å². The van der Waals surface area contributed by atoms with Crippen molar-refractivity contribution >= 4 is 6.09 Å². The van der Waals surface area contributed by atoms with Crippen molar-refractivity contribution in [2.45, 2.75) is 45.8 Å². The maximum atomic E-state index is 11.2. The third-order valence-electron chi connectivity index (χ3n) is 1.71. The van der Waals surface area contributed by atoms with Gasteiger partial charge in [0.15, 0.2) is 0 Å². The van der Waals surface area contributed by atoms with Gasteiger partial charge in [-0.05, 0) is 27.2 Å². The zero-order valence-electron chi connectivity index (χ0n) is 10.2. The van der Waals surface area contributed by atoms with Crippen molar-refractivity contribution < 1.29 is 14.3 Å². The standard InChI is InChI=1S/C10H22N2O3/c1-6-8(14-5)7-11-12-9(13)15-10(2,3)4/h8,11H,6-7H2,1-5H3,(H,12,13). The number of carbonyl (C=O) groups excluding carboxylic acids is 1. The molecule has 2 N–H and O–H groups in total. The molecule has 0 spiro atoms. The van der Waals surface area contributed by atoms with Gasteiger partial charge in [-0.25, -0.2) is 10.2 Å². The number of carbonyl (C=O) groups is 1. The van der Waals surface area contributed by atoms with Gasteiger partial charge in [0.25, 0.3) is 0 Å². The minimum absolute atomic E-state index is 0.0972. The van der Waals surface area contributed by atoms with Crippen LogP contribution in [0.1, 0.15) is 34.1 Å². The van der Waals surface area contributed by atoms with Crippen molar-refractivity contribution in [3.05, 3.63) is 0 Å². The molecule has 0 aromatic carbocycles. The molecule has 0 aromatic rings. The molecule has 5 heteroatoms. The summed E-state index contributed by atoms with van der Waals surface area (Å²) in [6, 6.07) is 0. The second-order valence-corrected chi connectivity index (χ2v) is 4.27. The molecule has 0 aromatic heterocycles. The van der Waals surface area contributed by atoms with Crippen LogP contribution in [0.2, 0.25) is 0 Å². The molecule has 15 heavy (non-hydrogen) atoms. The number of methoxy groups -OCH3 is 1. The minimum Gasteiger partial charge on any atom is -0.443 e. The van der Waals surface area contributed by atoms with Crippen LogP contribution in [-0.4, -0.2) is 31.5 Å². The van der Waals surface area contributed by atoms with Gasteiger partial charge < -0.3 is 9.47 Å². The van der Waals surface area contributed by atoms with Gasteiger partial charge in [-0.15, -0.1) is 0 Å². The van der Waals surface area contributed by atoms with Gasteiger partial charge in [-0.3, -0.25) is 5.43 Å². The third-order valence-corrected chi connectivity index (χ3v) is 1.71. The van der Waals surface area contributed by atoms with Crippen LogP contribution in [0, 0.1) is 0 Å². The van der Waals surface area contributed by atoms with Crippen LogP contribution in [0.5, 0.6) is 0 Å². The molecule has 1 unspecified atom stereocenters.